The van der Waals surface area contributed by atoms with E-state index in [2.05, 4.69) is 24.1 Å². The van der Waals surface area contributed by atoms with Crippen LogP contribution < -0.4 is 11.1 Å². The van der Waals surface area contributed by atoms with Crippen LogP contribution in [0.3, 0.4) is 0 Å². The average molecular weight is 336 g/mol. The molecule has 122 valence electrons. The summed E-state index contributed by atoms with van der Waals surface area (Å²) in [6, 6.07) is 9.91. The molecule has 0 aliphatic heterocycles. The van der Waals surface area contributed by atoms with Crippen LogP contribution in [0.5, 0.6) is 0 Å². The summed E-state index contributed by atoms with van der Waals surface area (Å²) in [6.45, 7) is 7.41. The maximum atomic E-state index is 12.2. The van der Waals surface area contributed by atoms with Crippen LogP contribution in [0.25, 0.3) is 0 Å². The van der Waals surface area contributed by atoms with Crippen molar-refractivity contribution >= 4 is 30.7 Å². The van der Waals surface area contributed by atoms with Crippen molar-refractivity contribution in [2.75, 3.05) is 20.1 Å². The number of amides is 1. The van der Waals surface area contributed by atoms with E-state index in [-0.39, 0.29) is 30.7 Å². The van der Waals surface area contributed by atoms with E-state index in [0.717, 1.165) is 12.1 Å². The maximum Gasteiger partial charge on any atom is 0.244 e. The number of carbonyl (C=O) groups is 1. The van der Waals surface area contributed by atoms with Gasteiger partial charge in [-0.05, 0) is 33.4 Å². The molecular formula is C15H27Cl2N3O. The van der Waals surface area contributed by atoms with Crippen molar-refractivity contribution in [2.24, 2.45) is 5.73 Å². The molecule has 0 fully saturated rings. The van der Waals surface area contributed by atoms with Crippen LogP contribution in [0, 0.1) is 0 Å². The molecular weight excluding hydrogens is 309 g/mol. The minimum Gasteiger partial charge on any atom is -0.353 e. The Morgan fingerprint density at radius 3 is 2.29 bits per heavy atom. The Kier molecular flexibility index (Phi) is 10.7. The molecule has 0 aliphatic rings. The number of hydrogen-bond acceptors (Lipinski definition) is 3. The molecule has 6 heteroatoms. The molecule has 1 atom stereocenters. The van der Waals surface area contributed by atoms with Gasteiger partial charge in [0, 0.05) is 19.1 Å². The van der Waals surface area contributed by atoms with E-state index in [4.69, 9.17) is 5.73 Å². The molecule has 4 nitrogen and oxygen atoms in total. The first-order valence-corrected chi connectivity index (χ1v) is 6.68. The van der Waals surface area contributed by atoms with Gasteiger partial charge < -0.3 is 16.0 Å². The molecule has 0 aromatic heterocycles. The number of halogens is 2. The van der Waals surface area contributed by atoms with Crippen molar-refractivity contribution in [1.29, 1.82) is 0 Å². The Balaban J connectivity index is 0. The first-order chi connectivity index (χ1) is 8.85. The SMILES string of the molecule is CC(C)N(C)CCNC(=O)C(C)(N)c1ccccc1.Cl.Cl. The van der Waals surface area contributed by atoms with E-state index in [1.807, 2.05) is 37.4 Å². The van der Waals surface area contributed by atoms with Crippen LogP contribution in [0.4, 0.5) is 0 Å². The van der Waals surface area contributed by atoms with Crippen molar-refractivity contribution in [2.45, 2.75) is 32.4 Å². The monoisotopic (exact) mass is 335 g/mol. The second-order valence-corrected chi connectivity index (χ2v) is 5.40. The zero-order valence-corrected chi connectivity index (χ0v) is 14.8. The molecule has 1 amide bonds. The predicted octanol–water partition coefficient (Wildman–Crippen LogP) is 2.16. The van der Waals surface area contributed by atoms with Gasteiger partial charge in [-0.15, -0.1) is 24.8 Å². The van der Waals surface area contributed by atoms with Gasteiger partial charge in [0.25, 0.3) is 0 Å². The van der Waals surface area contributed by atoms with Gasteiger partial charge in [0.1, 0.15) is 5.54 Å². The molecule has 1 aromatic carbocycles. The lowest BCUT2D eigenvalue weighted by Gasteiger charge is -2.26. The smallest absolute Gasteiger partial charge is 0.244 e. The summed E-state index contributed by atoms with van der Waals surface area (Å²) in [4.78, 5) is 14.3. The molecule has 0 heterocycles. The number of benzene rings is 1. The van der Waals surface area contributed by atoms with Crippen molar-refractivity contribution in [3.05, 3.63) is 35.9 Å². The highest BCUT2D eigenvalue weighted by atomic mass is 35.5. The Bertz CT molecular complexity index is 411. The summed E-state index contributed by atoms with van der Waals surface area (Å²) in [5.74, 6) is -0.143. The number of nitrogens with two attached hydrogens (primary N) is 1. The first kappa shape index (κ1) is 22.5. The summed E-state index contributed by atoms with van der Waals surface area (Å²) < 4.78 is 0. The second-order valence-electron chi connectivity index (χ2n) is 5.40. The van der Waals surface area contributed by atoms with E-state index in [0.29, 0.717) is 12.6 Å². The van der Waals surface area contributed by atoms with Gasteiger partial charge in [-0.2, -0.15) is 0 Å². The number of likely N-dealkylation sites (N-methyl/N-ethyl adjacent to an activating group) is 1. The highest BCUT2D eigenvalue weighted by Crippen LogP contribution is 2.17. The normalized spacial score (nSPS) is 13.1. The van der Waals surface area contributed by atoms with Crippen molar-refractivity contribution < 1.29 is 4.79 Å². The number of rotatable bonds is 6. The molecule has 1 rings (SSSR count). The summed E-state index contributed by atoms with van der Waals surface area (Å²) in [5.41, 5.74) is 5.97. The van der Waals surface area contributed by atoms with Crippen molar-refractivity contribution in [1.82, 2.24) is 10.2 Å². The van der Waals surface area contributed by atoms with Crippen molar-refractivity contribution in [3.63, 3.8) is 0 Å². The quantitative estimate of drug-likeness (QED) is 0.837. The van der Waals surface area contributed by atoms with Gasteiger partial charge in [-0.3, -0.25) is 4.79 Å². The lowest BCUT2D eigenvalue weighted by Crippen LogP contribution is -2.50. The Morgan fingerprint density at radius 2 is 1.81 bits per heavy atom. The topological polar surface area (TPSA) is 58.4 Å². The summed E-state index contributed by atoms with van der Waals surface area (Å²) in [5, 5.41) is 2.90. The highest BCUT2D eigenvalue weighted by Gasteiger charge is 2.29. The van der Waals surface area contributed by atoms with E-state index in [1.165, 1.54) is 0 Å². The number of hydrogen-bond donors (Lipinski definition) is 2. The minimum absolute atomic E-state index is 0. The molecule has 0 aliphatic carbocycles. The summed E-state index contributed by atoms with van der Waals surface area (Å²) in [7, 11) is 2.04. The van der Waals surface area contributed by atoms with E-state index in [1.54, 1.807) is 6.92 Å². The molecule has 0 radical (unpaired) electrons. The van der Waals surface area contributed by atoms with E-state index >= 15 is 0 Å². The third-order valence-corrected chi connectivity index (χ3v) is 3.48. The molecule has 0 saturated heterocycles. The van der Waals surface area contributed by atoms with E-state index < -0.39 is 5.54 Å². The number of nitrogens with zero attached hydrogens (tertiary/aromatic N) is 1. The van der Waals surface area contributed by atoms with Gasteiger partial charge in [-0.1, -0.05) is 30.3 Å². The predicted molar refractivity (Wildman–Crippen MR) is 93.3 cm³/mol. The minimum atomic E-state index is -0.988. The standard InChI is InChI=1S/C15H25N3O.2ClH/c1-12(2)18(4)11-10-17-14(19)15(3,16)13-8-6-5-7-9-13;;/h5-9,12H,10-11,16H2,1-4H3,(H,17,19);2*1H. The molecule has 0 spiro atoms. The number of nitrogens with one attached hydrogen (secondary N) is 1. The van der Waals surface area contributed by atoms with Crippen LogP contribution in [0.2, 0.25) is 0 Å². The van der Waals surface area contributed by atoms with Crippen LogP contribution >= 0.6 is 24.8 Å². The van der Waals surface area contributed by atoms with Crippen LogP contribution in [-0.2, 0) is 10.3 Å². The highest BCUT2D eigenvalue weighted by molar-refractivity contribution is 5.87. The zero-order chi connectivity index (χ0) is 14.5. The number of carbonyl (C=O) groups excluding carboxylic acids is 1. The van der Waals surface area contributed by atoms with Crippen LogP contribution in [-0.4, -0.2) is 37.0 Å². The van der Waals surface area contributed by atoms with Crippen LogP contribution in [0.15, 0.2) is 30.3 Å². The van der Waals surface area contributed by atoms with Crippen molar-refractivity contribution in [3.8, 4) is 0 Å². The molecule has 1 aromatic rings. The third-order valence-electron chi connectivity index (χ3n) is 3.48. The van der Waals surface area contributed by atoms with Gasteiger partial charge >= 0.3 is 0 Å². The molecule has 0 saturated carbocycles. The summed E-state index contributed by atoms with van der Waals surface area (Å²) >= 11 is 0. The Labute approximate surface area is 140 Å². The van der Waals surface area contributed by atoms with Gasteiger partial charge in [0.05, 0.1) is 0 Å². The fourth-order valence-corrected chi connectivity index (χ4v) is 1.70. The van der Waals surface area contributed by atoms with Gasteiger partial charge in [0.15, 0.2) is 0 Å². The fraction of sp³-hybridized carbons (Fsp3) is 0.533. The van der Waals surface area contributed by atoms with Gasteiger partial charge in [-0.25, -0.2) is 0 Å². The molecule has 0 bridgehead atoms. The first-order valence-electron chi connectivity index (χ1n) is 6.68. The maximum absolute atomic E-state index is 12.2. The largest absolute Gasteiger partial charge is 0.353 e. The molecule has 3 N–H and O–H groups in total. The second kappa shape index (κ2) is 10.0. The molecule has 1 unspecified atom stereocenters. The lowest BCUT2D eigenvalue weighted by molar-refractivity contribution is -0.126. The Morgan fingerprint density at radius 1 is 1.29 bits per heavy atom. The van der Waals surface area contributed by atoms with Crippen LogP contribution in [0.1, 0.15) is 26.3 Å². The Hall–Kier alpha value is -0.810. The summed E-state index contributed by atoms with van der Waals surface area (Å²) in [6.07, 6.45) is 0. The lowest BCUT2D eigenvalue weighted by atomic mass is 9.92. The third kappa shape index (κ3) is 6.66. The molecule has 21 heavy (non-hydrogen) atoms. The zero-order valence-electron chi connectivity index (χ0n) is 13.1. The van der Waals surface area contributed by atoms with Gasteiger partial charge in [0.2, 0.25) is 5.91 Å². The van der Waals surface area contributed by atoms with E-state index in [9.17, 15) is 4.79 Å². The average Bonchev–Trinajstić information content (AvgIpc) is 2.39. The fourth-order valence-electron chi connectivity index (χ4n) is 1.70.